The smallest absolute Gasteiger partial charge is 0.156 e. The van der Waals surface area contributed by atoms with E-state index >= 15 is 0 Å². The summed E-state index contributed by atoms with van der Waals surface area (Å²) >= 11 is 0. The molecule has 0 aliphatic heterocycles. The number of fused-ring (bicyclic) bond motifs is 1. The Bertz CT molecular complexity index is 1030. The van der Waals surface area contributed by atoms with Crippen LogP contribution >= 0.6 is 0 Å². The summed E-state index contributed by atoms with van der Waals surface area (Å²) < 4.78 is 14.5. The zero-order valence-electron chi connectivity index (χ0n) is 14.3. The van der Waals surface area contributed by atoms with Crippen molar-refractivity contribution in [1.29, 1.82) is 0 Å². The Hall–Kier alpha value is -2.97. The third-order valence-corrected chi connectivity index (χ3v) is 4.79. The predicted molar refractivity (Wildman–Crippen MR) is 100 cm³/mol. The Balaban J connectivity index is 1.76. The standard InChI is InChI=1S/C21H18FN3O/c1-3-13-8-9-17(18(22)10-13)19-15-6-4-5-7-16(15)20(25-24-19)23-14-11-21(2,26)12-14/h1,4-10,14,26H,11-12H2,2H3,(H,23,25). The molecule has 0 spiro atoms. The van der Waals surface area contributed by atoms with Gasteiger partial charge in [0.2, 0.25) is 0 Å². The van der Waals surface area contributed by atoms with Crippen LogP contribution in [-0.2, 0) is 0 Å². The highest BCUT2D eigenvalue weighted by Crippen LogP contribution is 2.36. The number of aromatic nitrogens is 2. The molecule has 4 nitrogen and oxygen atoms in total. The predicted octanol–water partition coefficient (Wildman–Crippen LogP) is 3.74. The quantitative estimate of drug-likeness (QED) is 0.709. The Morgan fingerprint density at radius 3 is 2.58 bits per heavy atom. The van der Waals surface area contributed by atoms with Gasteiger partial charge in [-0.15, -0.1) is 16.6 Å². The molecule has 1 heterocycles. The van der Waals surface area contributed by atoms with Crippen LogP contribution in [-0.4, -0.2) is 26.9 Å². The molecule has 5 heteroatoms. The van der Waals surface area contributed by atoms with Crippen molar-refractivity contribution < 1.29 is 9.50 Å². The Morgan fingerprint density at radius 1 is 1.19 bits per heavy atom. The zero-order valence-corrected chi connectivity index (χ0v) is 14.3. The first-order chi connectivity index (χ1) is 12.5. The summed E-state index contributed by atoms with van der Waals surface area (Å²) in [7, 11) is 0. The summed E-state index contributed by atoms with van der Waals surface area (Å²) in [6.45, 7) is 1.82. The van der Waals surface area contributed by atoms with Crippen molar-refractivity contribution in [2.45, 2.75) is 31.4 Å². The van der Waals surface area contributed by atoms with Gasteiger partial charge in [0.25, 0.3) is 0 Å². The number of anilines is 1. The van der Waals surface area contributed by atoms with Crippen molar-refractivity contribution in [3.63, 3.8) is 0 Å². The normalized spacial score (nSPS) is 21.8. The highest BCUT2D eigenvalue weighted by molar-refractivity contribution is 6.00. The number of nitrogens with one attached hydrogen (secondary N) is 1. The van der Waals surface area contributed by atoms with Crippen LogP contribution in [0.5, 0.6) is 0 Å². The molecule has 2 N–H and O–H groups in total. The SMILES string of the molecule is C#Cc1ccc(-c2nnc(NC3CC(C)(O)C3)c3ccccc23)c(F)c1. The van der Waals surface area contributed by atoms with Crippen LogP contribution in [0.15, 0.2) is 42.5 Å². The molecule has 0 unspecified atom stereocenters. The first kappa shape index (κ1) is 16.5. The minimum atomic E-state index is -0.622. The lowest BCUT2D eigenvalue weighted by Gasteiger charge is -2.41. The molecular weight excluding hydrogens is 329 g/mol. The monoisotopic (exact) mass is 347 g/mol. The van der Waals surface area contributed by atoms with Crippen molar-refractivity contribution in [3.05, 3.63) is 53.8 Å². The van der Waals surface area contributed by atoms with Crippen LogP contribution in [0.4, 0.5) is 10.2 Å². The lowest BCUT2D eigenvalue weighted by atomic mass is 9.77. The molecule has 1 aromatic heterocycles. The highest BCUT2D eigenvalue weighted by atomic mass is 19.1. The first-order valence-electron chi connectivity index (χ1n) is 8.48. The van der Waals surface area contributed by atoms with Crippen molar-refractivity contribution in [2.75, 3.05) is 5.32 Å². The van der Waals surface area contributed by atoms with E-state index in [2.05, 4.69) is 21.4 Å². The summed E-state index contributed by atoms with van der Waals surface area (Å²) in [6, 6.07) is 12.4. The molecular formula is C21H18FN3O. The number of aliphatic hydroxyl groups is 1. The van der Waals surface area contributed by atoms with Crippen molar-refractivity contribution >= 4 is 16.6 Å². The average molecular weight is 347 g/mol. The molecule has 130 valence electrons. The van der Waals surface area contributed by atoms with E-state index in [1.165, 1.54) is 6.07 Å². The van der Waals surface area contributed by atoms with Crippen LogP contribution in [0.2, 0.25) is 0 Å². The second kappa shape index (κ2) is 6.08. The number of hydrogen-bond donors (Lipinski definition) is 2. The second-order valence-electron chi connectivity index (χ2n) is 7.03. The zero-order chi connectivity index (χ0) is 18.3. The first-order valence-corrected chi connectivity index (χ1v) is 8.48. The molecule has 0 amide bonds. The van der Waals surface area contributed by atoms with Gasteiger partial charge in [0.05, 0.1) is 5.60 Å². The van der Waals surface area contributed by atoms with Gasteiger partial charge in [0.15, 0.2) is 5.82 Å². The molecule has 1 saturated carbocycles. The summed E-state index contributed by atoms with van der Waals surface area (Å²) in [5, 5.41) is 23.5. The summed E-state index contributed by atoms with van der Waals surface area (Å²) in [5.41, 5.74) is 0.709. The number of halogens is 1. The number of hydrogen-bond acceptors (Lipinski definition) is 4. The topological polar surface area (TPSA) is 58.0 Å². The van der Waals surface area contributed by atoms with Crippen LogP contribution in [0.25, 0.3) is 22.0 Å². The molecule has 26 heavy (non-hydrogen) atoms. The molecule has 0 atom stereocenters. The van der Waals surface area contributed by atoms with Crippen LogP contribution < -0.4 is 5.32 Å². The number of rotatable bonds is 3. The Kier molecular flexibility index (Phi) is 3.86. The van der Waals surface area contributed by atoms with Crippen molar-refractivity contribution in [2.24, 2.45) is 0 Å². The van der Waals surface area contributed by atoms with E-state index < -0.39 is 11.4 Å². The Labute approximate surface area is 151 Å². The maximum atomic E-state index is 14.5. The fourth-order valence-electron chi connectivity index (χ4n) is 3.50. The van der Waals surface area contributed by atoms with Gasteiger partial charge in [-0.1, -0.05) is 30.2 Å². The minimum absolute atomic E-state index is 0.153. The number of terminal acetylenes is 1. The van der Waals surface area contributed by atoms with Crippen LogP contribution in [0.1, 0.15) is 25.3 Å². The van der Waals surface area contributed by atoms with Gasteiger partial charge in [-0.3, -0.25) is 0 Å². The molecule has 0 saturated heterocycles. The Morgan fingerprint density at radius 2 is 1.92 bits per heavy atom. The maximum Gasteiger partial charge on any atom is 0.156 e. The summed E-state index contributed by atoms with van der Waals surface area (Å²) in [4.78, 5) is 0. The van der Waals surface area contributed by atoms with Gasteiger partial charge < -0.3 is 10.4 Å². The van der Waals surface area contributed by atoms with E-state index in [1.54, 1.807) is 12.1 Å². The van der Waals surface area contributed by atoms with Gasteiger partial charge in [-0.25, -0.2) is 4.39 Å². The van der Waals surface area contributed by atoms with E-state index in [4.69, 9.17) is 6.42 Å². The third-order valence-electron chi connectivity index (χ3n) is 4.79. The second-order valence-corrected chi connectivity index (χ2v) is 7.03. The van der Waals surface area contributed by atoms with Gasteiger partial charge in [0, 0.05) is 27.9 Å². The van der Waals surface area contributed by atoms with E-state index in [9.17, 15) is 9.50 Å². The molecule has 1 aliphatic carbocycles. The largest absolute Gasteiger partial charge is 0.390 e. The van der Waals surface area contributed by atoms with Gasteiger partial charge in [-0.05, 0) is 38.0 Å². The highest BCUT2D eigenvalue weighted by Gasteiger charge is 2.38. The summed E-state index contributed by atoms with van der Waals surface area (Å²) in [5.74, 6) is 2.65. The number of benzene rings is 2. The molecule has 2 aromatic carbocycles. The van der Waals surface area contributed by atoms with Crippen molar-refractivity contribution in [3.8, 4) is 23.6 Å². The maximum absolute atomic E-state index is 14.5. The van der Waals surface area contributed by atoms with E-state index in [0.717, 1.165) is 10.8 Å². The van der Waals surface area contributed by atoms with Crippen LogP contribution in [0.3, 0.4) is 0 Å². The van der Waals surface area contributed by atoms with Crippen LogP contribution in [0, 0.1) is 18.2 Å². The van der Waals surface area contributed by atoms with Gasteiger partial charge >= 0.3 is 0 Å². The fraction of sp³-hybridized carbons (Fsp3) is 0.238. The summed E-state index contributed by atoms with van der Waals surface area (Å²) in [6.07, 6.45) is 6.65. The van der Waals surface area contributed by atoms with E-state index in [0.29, 0.717) is 35.5 Å². The number of nitrogens with zero attached hydrogens (tertiary/aromatic N) is 2. The molecule has 4 rings (SSSR count). The molecule has 1 fully saturated rings. The molecule has 0 bridgehead atoms. The fourth-order valence-corrected chi connectivity index (χ4v) is 3.50. The third kappa shape index (κ3) is 2.89. The van der Waals surface area contributed by atoms with Crippen molar-refractivity contribution in [1.82, 2.24) is 10.2 Å². The molecule has 1 aliphatic rings. The molecule has 0 radical (unpaired) electrons. The van der Waals surface area contributed by atoms with Gasteiger partial charge in [0.1, 0.15) is 11.5 Å². The van der Waals surface area contributed by atoms with E-state index in [1.807, 2.05) is 31.2 Å². The van der Waals surface area contributed by atoms with Gasteiger partial charge in [-0.2, -0.15) is 0 Å². The molecule has 3 aromatic rings. The average Bonchev–Trinajstić information content (AvgIpc) is 2.61. The van der Waals surface area contributed by atoms with E-state index in [-0.39, 0.29) is 6.04 Å². The lowest BCUT2D eigenvalue weighted by molar-refractivity contribution is -0.0235. The lowest BCUT2D eigenvalue weighted by Crippen LogP contribution is -2.48. The minimum Gasteiger partial charge on any atom is -0.390 e.